The zero-order valence-corrected chi connectivity index (χ0v) is 23.9. The Kier molecular flexibility index (Phi) is 10.9. The number of allylic oxidation sites excluding steroid dienone is 1. The lowest BCUT2D eigenvalue weighted by atomic mass is 9.78. The van der Waals surface area contributed by atoms with E-state index in [1.54, 1.807) is 12.3 Å². The Morgan fingerprint density at radius 1 is 1.03 bits per heavy atom. The van der Waals surface area contributed by atoms with Gasteiger partial charge in [-0.1, -0.05) is 90.9 Å². The highest BCUT2D eigenvalue weighted by atomic mass is 19.3. The van der Waals surface area contributed by atoms with Crippen LogP contribution in [0.5, 0.6) is 0 Å². The van der Waals surface area contributed by atoms with Crippen molar-refractivity contribution >= 4 is 5.71 Å². The molecule has 218 valence electrons. The molecular formula is C32H47F4N3. The van der Waals surface area contributed by atoms with Crippen LogP contribution in [-0.4, -0.2) is 28.6 Å². The first-order valence-electron chi connectivity index (χ1n) is 15.5. The second kappa shape index (κ2) is 14.1. The molecule has 1 saturated carbocycles. The number of aliphatic imine (C=N–C) groups is 1. The number of aryl methyl sites for hydroxylation is 1. The number of unbranched alkanes of at least 4 members (excludes halogenated alkanes) is 7. The van der Waals surface area contributed by atoms with Crippen molar-refractivity contribution in [1.82, 2.24) is 9.88 Å². The van der Waals surface area contributed by atoms with Crippen LogP contribution in [0, 0.1) is 23.7 Å². The van der Waals surface area contributed by atoms with E-state index in [2.05, 4.69) is 23.8 Å². The Morgan fingerprint density at radius 3 is 2.44 bits per heavy atom. The molecule has 2 heterocycles. The van der Waals surface area contributed by atoms with Crippen molar-refractivity contribution in [2.24, 2.45) is 22.7 Å². The zero-order valence-electron chi connectivity index (χ0n) is 23.9. The van der Waals surface area contributed by atoms with Crippen molar-refractivity contribution in [1.29, 1.82) is 0 Å². The Hall–Kier alpha value is -1.92. The highest BCUT2D eigenvalue weighted by molar-refractivity contribution is 5.98. The summed E-state index contributed by atoms with van der Waals surface area (Å²) < 4.78 is 61.1. The first-order valence-corrected chi connectivity index (χ1v) is 15.5. The normalized spacial score (nSPS) is 23.0. The largest absolute Gasteiger partial charge is 0.330 e. The van der Waals surface area contributed by atoms with Gasteiger partial charge in [0.15, 0.2) is 0 Å². The lowest BCUT2D eigenvalue weighted by Gasteiger charge is -2.35. The third-order valence-electron chi connectivity index (χ3n) is 8.74. The highest BCUT2D eigenvalue weighted by Crippen LogP contribution is 2.47. The van der Waals surface area contributed by atoms with Gasteiger partial charge in [0, 0.05) is 18.4 Å². The lowest BCUT2D eigenvalue weighted by Crippen LogP contribution is -2.40. The maximum atomic E-state index is 15.6. The van der Waals surface area contributed by atoms with Gasteiger partial charge in [-0.25, -0.2) is 18.8 Å². The molecule has 3 aliphatic rings. The fraction of sp³-hybridized carbons (Fsp3) is 0.750. The molecule has 0 radical (unpaired) electrons. The van der Waals surface area contributed by atoms with Gasteiger partial charge in [0.2, 0.25) is 5.95 Å². The first-order chi connectivity index (χ1) is 18.8. The number of alkyl halides is 3. The van der Waals surface area contributed by atoms with Crippen LogP contribution >= 0.6 is 0 Å². The van der Waals surface area contributed by atoms with Gasteiger partial charge in [-0.05, 0) is 55.2 Å². The summed E-state index contributed by atoms with van der Waals surface area (Å²) in [5, 5.41) is 0. The van der Waals surface area contributed by atoms with E-state index in [1.165, 1.54) is 55.9 Å². The molecule has 0 N–H and O–H groups in total. The molecular weight excluding hydrogens is 502 g/mol. The number of hydrogen-bond donors (Lipinski definition) is 0. The maximum absolute atomic E-state index is 15.6. The Morgan fingerprint density at radius 2 is 1.74 bits per heavy atom. The molecule has 1 aromatic heterocycles. The van der Waals surface area contributed by atoms with Crippen molar-refractivity contribution in [3.8, 4) is 0 Å². The zero-order chi connectivity index (χ0) is 27.8. The molecule has 1 fully saturated rings. The molecule has 7 heteroatoms. The Labute approximate surface area is 232 Å². The molecule has 3 atom stereocenters. The van der Waals surface area contributed by atoms with Crippen LogP contribution in [0.3, 0.4) is 0 Å². The Balaban J connectivity index is 1.26. The minimum Gasteiger partial charge on any atom is -0.330 e. The van der Waals surface area contributed by atoms with Crippen molar-refractivity contribution < 1.29 is 17.6 Å². The molecule has 1 aromatic rings. The van der Waals surface area contributed by atoms with E-state index in [9.17, 15) is 4.39 Å². The van der Waals surface area contributed by atoms with Crippen LogP contribution in [-0.2, 0) is 18.8 Å². The SMILES string of the molecule is CCCCC(C)Cc1cc2c(c(F)n1)C(F)(F)C(C1=NC(F)N(CCCCCCCCCC3CC3)C=C1)CC2. The second-order valence-electron chi connectivity index (χ2n) is 12.2. The lowest BCUT2D eigenvalue weighted by molar-refractivity contribution is -0.0533. The van der Waals surface area contributed by atoms with Crippen LogP contribution in [0.1, 0.15) is 121 Å². The molecule has 3 unspecified atom stereocenters. The Bertz CT molecular complexity index is 988. The number of halogens is 4. The second-order valence-corrected chi connectivity index (χ2v) is 12.2. The fourth-order valence-electron chi connectivity index (χ4n) is 6.16. The molecule has 2 aliphatic carbocycles. The van der Waals surface area contributed by atoms with Crippen LogP contribution in [0.25, 0.3) is 0 Å². The fourth-order valence-corrected chi connectivity index (χ4v) is 6.16. The summed E-state index contributed by atoms with van der Waals surface area (Å²) >= 11 is 0. The molecule has 0 amide bonds. The van der Waals surface area contributed by atoms with Gasteiger partial charge in [0.05, 0.1) is 17.2 Å². The van der Waals surface area contributed by atoms with Crippen molar-refractivity contribution in [3.05, 3.63) is 41.1 Å². The topological polar surface area (TPSA) is 28.5 Å². The number of nitrogens with zero attached hydrogens (tertiary/aromatic N) is 3. The molecule has 0 spiro atoms. The summed E-state index contributed by atoms with van der Waals surface area (Å²) in [6, 6.07) is 1.65. The average molecular weight is 550 g/mol. The number of pyridine rings is 1. The smallest absolute Gasteiger partial charge is 0.286 e. The molecule has 3 nitrogen and oxygen atoms in total. The monoisotopic (exact) mass is 549 g/mol. The van der Waals surface area contributed by atoms with Crippen molar-refractivity contribution in [2.75, 3.05) is 6.54 Å². The molecule has 1 aliphatic heterocycles. The molecule has 0 bridgehead atoms. The predicted octanol–water partition coefficient (Wildman–Crippen LogP) is 9.30. The summed E-state index contributed by atoms with van der Waals surface area (Å²) in [5.74, 6) is -4.60. The highest BCUT2D eigenvalue weighted by Gasteiger charge is 2.50. The summed E-state index contributed by atoms with van der Waals surface area (Å²) in [6.45, 7) is 4.72. The minimum atomic E-state index is -3.49. The maximum Gasteiger partial charge on any atom is 0.286 e. The van der Waals surface area contributed by atoms with Gasteiger partial charge in [-0.3, -0.25) is 0 Å². The number of aromatic nitrogens is 1. The van der Waals surface area contributed by atoms with Gasteiger partial charge >= 0.3 is 0 Å². The van der Waals surface area contributed by atoms with Gasteiger partial charge in [0.25, 0.3) is 12.3 Å². The third kappa shape index (κ3) is 8.29. The van der Waals surface area contributed by atoms with E-state index in [1.807, 2.05) is 0 Å². The molecule has 39 heavy (non-hydrogen) atoms. The minimum absolute atomic E-state index is 0.0114. The van der Waals surface area contributed by atoms with E-state index in [-0.39, 0.29) is 12.1 Å². The van der Waals surface area contributed by atoms with E-state index in [4.69, 9.17) is 0 Å². The summed E-state index contributed by atoms with van der Waals surface area (Å²) in [6.07, 6.45) is 17.9. The van der Waals surface area contributed by atoms with Crippen LogP contribution in [0.4, 0.5) is 17.6 Å². The molecule has 0 saturated heterocycles. The van der Waals surface area contributed by atoms with Crippen molar-refractivity contribution in [2.45, 2.75) is 129 Å². The van der Waals surface area contributed by atoms with Crippen LogP contribution < -0.4 is 0 Å². The van der Waals surface area contributed by atoms with Crippen LogP contribution in [0.2, 0.25) is 0 Å². The molecule has 0 aromatic carbocycles. The summed E-state index contributed by atoms with van der Waals surface area (Å²) in [5.41, 5.74) is 0.234. The first kappa shape index (κ1) is 30.0. The summed E-state index contributed by atoms with van der Waals surface area (Å²) in [4.78, 5) is 9.41. The van der Waals surface area contributed by atoms with E-state index >= 15 is 13.2 Å². The number of fused-ring (bicyclic) bond motifs is 1. The van der Waals surface area contributed by atoms with Gasteiger partial charge in [-0.2, -0.15) is 8.78 Å². The van der Waals surface area contributed by atoms with Crippen molar-refractivity contribution in [3.63, 3.8) is 0 Å². The van der Waals surface area contributed by atoms with Gasteiger partial charge in [-0.15, -0.1) is 0 Å². The average Bonchev–Trinajstić information content (AvgIpc) is 3.71. The standard InChI is InChI=1S/C32H47F4N3/c1-3-4-12-23(2)21-26-22-25-16-17-27(32(35,36)29(25)30(33)37-26)28-18-20-39(31(34)38-28)19-11-9-7-5-6-8-10-13-24-14-15-24/h18,20,22-24,27,31H,3-17,19,21H2,1-2H3. The summed E-state index contributed by atoms with van der Waals surface area (Å²) in [7, 11) is 0. The van der Waals surface area contributed by atoms with E-state index < -0.39 is 29.8 Å². The van der Waals surface area contributed by atoms with E-state index in [0.29, 0.717) is 36.6 Å². The van der Waals surface area contributed by atoms with Crippen LogP contribution in [0.15, 0.2) is 23.3 Å². The van der Waals surface area contributed by atoms with Gasteiger partial charge < -0.3 is 4.90 Å². The van der Waals surface area contributed by atoms with Gasteiger partial charge in [0.1, 0.15) is 0 Å². The van der Waals surface area contributed by atoms with E-state index in [0.717, 1.165) is 44.4 Å². The number of rotatable bonds is 16. The third-order valence-corrected chi connectivity index (χ3v) is 8.74. The predicted molar refractivity (Wildman–Crippen MR) is 150 cm³/mol. The quantitative estimate of drug-likeness (QED) is 0.0890. The molecule has 4 rings (SSSR count). The number of hydrogen-bond acceptors (Lipinski definition) is 3.